The summed E-state index contributed by atoms with van der Waals surface area (Å²) in [5.41, 5.74) is 2.98. The highest BCUT2D eigenvalue weighted by molar-refractivity contribution is 5.98. The van der Waals surface area contributed by atoms with Gasteiger partial charge in [-0.25, -0.2) is 0 Å². The fourth-order valence-electron chi connectivity index (χ4n) is 3.32. The number of hydrogen-bond donors (Lipinski definition) is 1. The average Bonchev–Trinajstić information content (AvgIpc) is 2.78. The van der Waals surface area contributed by atoms with Crippen molar-refractivity contribution in [2.75, 3.05) is 6.54 Å². The highest BCUT2D eigenvalue weighted by Crippen LogP contribution is 2.24. The molecule has 3 nitrogen and oxygen atoms in total. The van der Waals surface area contributed by atoms with Crippen molar-refractivity contribution in [3.8, 4) is 0 Å². The predicted octanol–water partition coefficient (Wildman–Crippen LogP) is 4.13. The number of aryl methyl sites for hydroxylation is 1. The van der Waals surface area contributed by atoms with Crippen LogP contribution in [-0.2, 0) is 0 Å². The van der Waals surface area contributed by atoms with Crippen molar-refractivity contribution < 1.29 is 4.79 Å². The first-order valence-corrected chi connectivity index (χ1v) is 7.95. The molecule has 21 heavy (non-hydrogen) atoms. The van der Waals surface area contributed by atoms with E-state index in [-0.39, 0.29) is 5.91 Å². The summed E-state index contributed by atoms with van der Waals surface area (Å²) < 4.78 is 0. The van der Waals surface area contributed by atoms with Gasteiger partial charge >= 0.3 is 0 Å². The van der Waals surface area contributed by atoms with E-state index in [4.69, 9.17) is 0 Å². The van der Waals surface area contributed by atoms with Crippen LogP contribution < -0.4 is 0 Å². The molecule has 2 heterocycles. The average molecular weight is 284 g/mol. The molecule has 1 amide bonds. The molecule has 1 aromatic carbocycles. The van der Waals surface area contributed by atoms with Crippen molar-refractivity contribution in [2.45, 2.75) is 46.1 Å². The number of benzene rings is 1. The topological polar surface area (TPSA) is 36.1 Å². The third kappa shape index (κ3) is 2.82. The van der Waals surface area contributed by atoms with Crippen LogP contribution in [0.1, 0.15) is 49.2 Å². The molecule has 0 aliphatic carbocycles. The molecule has 0 spiro atoms. The number of nitrogens with zero attached hydrogens (tertiary/aromatic N) is 1. The number of carbonyl (C=O) groups is 1. The number of aromatic nitrogens is 1. The van der Waals surface area contributed by atoms with Crippen LogP contribution in [0.3, 0.4) is 0 Å². The molecule has 112 valence electrons. The Balaban J connectivity index is 1.91. The second kappa shape index (κ2) is 5.55. The van der Waals surface area contributed by atoms with E-state index in [0.717, 1.165) is 29.6 Å². The van der Waals surface area contributed by atoms with Gasteiger partial charge in [0.05, 0.1) is 0 Å². The number of H-pyrrole nitrogens is 1. The summed E-state index contributed by atoms with van der Waals surface area (Å²) in [5.74, 6) is 0.732. The molecule has 2 aromatic rings. The SMILES string of the molecule is Cc1ccc2cc(C(=O)N3C[C@@H](C)CCC[C@H]3C)[nH]c2c1. The van der Waals surface area contributed by atoms with Crippen LogP contribution in [-0.4, -0.2) is 28.4 Å². The summed E-state index contributed by atoms with van der Waals surface area (Å²) in [6.07, 6.45) is 3.55. The first kappa shape index (κ1) is 14.2. The van der Waals surface area contributed by atoms with Gasteiger partial charge in [0.15, 0.2) is 0 Å². The van der Waals surface area contributed by atoms with Gasteiger partial charge in [-0.15, -0.1) is 0 Å². The van der Waals surface area contributed by atoms with Gasteiger partial charge in [-0.2, -0.15) is 0 Å². The van der Waals surface area contributed by atoms with E-state index >= 15 is 0 Å². The van der Waals surface area contributed by atoms with Crippen LogP contribution in [0.5, 0.6) is 0 Å². The molecule has 0 radical (unpaired) electrons. The smallest absolute Gasteiger partial charge is 0.270 e. The van der Waals surface area contributed by atoms with Gasteiger partial charge < -0.3 is 9.88 Å². The van der Waals surface area contributed by atoms with Gasteiger partial charge in [-0.1, -0.05) is 25.5 Å². The number of hydrogen-bond acceptors (Lipinski definition) is 1. The van der Waals surface area contributed by atoms with Crippen molar-refractivity contribution in [3.05, 3.63) is 35.5 Å². The lowest BCUT2D eigenvalue weighted by molar-refractivity contribution is 0.0672. The van der Waals surface area contributed by atoms with E-state index < -0.39 is 0 Å². The standard InChI is InChI=1S/C18H24N2O/c1-12-7-8-15-10-17(19-16(15)9-12)18(21)20-11-13(2)5-4-6-14(20)3/h7-10,13-14,19H,4-6,11H2,1-3H3/t13-,14+/m0/s1. The second-order valence-electron chi connectivity index (χ2n) is 6.62. The third-order valence-corrected chi connectivity index (χ3v) is 4.63. The monoisotopic (exact) mass is 284 g/mol. The number of fused-ring (bicyclic) bond motifs is 1. The van der Waals surface area contributed by atoms with Crippen LogP contribution in [0.25, 0.3) is 10.9 Å². The fourth-order valence-corrected chi connectivity index (χ4v) is 3.32. The molecule has 0 bridgehead atoms. The highest BCUT2D eigenvalue weighted by Gasteiger charge is 2.26. The molecular weight excluding hydrogens is 260 g/mol. The molecule has 3 heteroatoms. The minimum Gasteiger partial charge on any atom is -0.351 e. The van der Waals surface area contributed by atoms with Gasteiger partial charge in [0.2, 0.25) is 0 Å². The van der Waals surface area contributed by atoms with E-state index in [1.165, 1.54) is 18.4 Å². The Kier molecular flexibility index (Phi) is 3.75. The zero-order valence-corrected chi connectivity index (χ0v) is 13.1. The van der Waals surface area contributed by atoms with Crippen molar-refractivity contribution in [1.82, 2.24) is 9.88 Å². The number of likely N-dealkylation sites (tertiary alicyclic amines) is 1. The van der Waals surface area contributed by atoms with Gasteiger partial charge in [0.1, 0.15) is 5.69 Å². The van der Waals surface area contributed by atoms with Crippen LogP contribution in [0, 0.1) is 12.8 Å². The first-order valence-electron chi connectivity index (χ1n) is 7.95. The maximum absolute atomic E-state index is 12.9. The molecule has 3 rings (SSSR count). The van der Waals surface area contributed by atoms with Gasteiger partial charge in [0.25, 0.3) is 5.91 Å². The largest absolute Gasteiger partial charge is 0.351 e. The van der Waals surface area contributed by atoms with E-state index in [1.807, 2.05) is 6.07 Å². The molecule has 1 N–H and O–H groups in total. The summed E-state index contributed by atoms with van der Waals surface area (Å²) in [6.45, 7) is 7.35. The Morgan fingerprint density at radius 1 is 1.24 bits per heavy atom. The fraction of sp³-hybridized carbons (Fsp3) is 0.500. The quantitative estimate of drug-likeness (QED) is 0.840. The Bertz CT molecular complexity index is 658. The first-order chi connectivity index (χ1) is 10.0. The second-order valence-corrected chi connectivity index (χ2v) is 6.62. The summed E-state index contributed by atoms with van der Waals surface area (Å²) in [6, 6.07) is 8.57. The van der Waals surface area contributed by atoms with Crippen LogP contribution in [0.2, 0.25) is 0 Å². The minimum absolute atomic E-state index is 0.144. The predicted molar refractivity (Wildman–Crippen MR) is 86.5 cm³/mol. The molecule has 1 aromatic heterocycles. The van der Waals surface area contributed by atoms with Gasteiger partial charge in [0, 0.05) is 23.5 Å². The number of rotatable bonds is 1. The zero-order chi connectivity index (χ0) is 15.0. The van der Waals surface area contributed by atoms with E-state index in [0.29, 0.717) is 12.0 Å². The number of amides is 1. The van der Waals surface area contributed by atoms with Crippen molar-refractivity contribution in [1.29, 1.82) is 0 Å². The van der Waals surface area contributed by atoms with Crippen LogP contribution in [0.15, 0.2) is 24.3 Å². The van der Waals surface area contributed by atoms with Crippen molar-refractivity contribution in [3.63, 3.8) is 0 Å². The third-order valence-electron chi connectivity index (χ3n) is 4.63. The van der Waals surface area contributed by atoms with Gasteiger partial charge in [-0.05, 0) is 50.3 Å². The van der Waals surface area contributed by atoms with E-state index in [9.17, 15) is 4.79 Å². The molecule has 2 atom stereocenters. The molecule has 0 saturated carbocycles. The lowest BCUT2D eigenvalue weighted by Gasteiger charge is -2.28. The van der Waals surface area contributed by atoms with E-state index in [1.54, 1.807) is 0 Å². The Labute approximate surface area is 126 Å². The van der Waals surface area contributed by atoms with E-state index in [2.05, 4.69) is 48.9 Å². The van der Waals surface area contributed by atoms with Gasteiger partial charge in [-0.3, -0.25) is 4.79 Å². The lowest BCUT2D eigenvalue weighted by Crippen LogP contribution is -2.40. The molecule has 1 saturated heterocycles. The summed E-state index contributed by atoms with van der Waals surface area (Å²) >= 11 is 0. The van der Waals surface area contributed by atoms with Crippen molar-refractivity contribution >= 4 is 16.8 Å². The van der Waals surface area contributed by atoms with Crippen LogP contribution in [0.4, 0.5) is 0 Å². The maximum Gasteiger partial charge on any atom is 0.270 e. The number of aromatic amines is 1. The zero-order valence-electron chi connectivity index (χ0n) is 13.1. The molecular formula is C18H24N2O. The summed E-state index contributed by atoms with van der Waals surface area (Å²) in [5, 5.41) is 1.11. The summed E-state index contributed by atoms with van der Waals surface area (Å²) in [4.78, 5) is 18.2. The molecule has 0 unspecified atom stereocenters. The highest BCUT2D eigenvalue weighted by atomic mass is 16.2. The molecule has 1 aliphatic heterocycles. The minimum atomic E-state index is 0.144. The molecule has 1 fully saturated rings. The Hall–Kier alpha value is -1.77. The normalized spacial score (nSPS) is 23.3. The number of nitrogens with one attached hydrogen (secondary N) is 1. The van der Waals surface area contributed by atoms with Crippen molar-refractivity contribution in [2.24, 2.45) is 5.92 Å². The number of carbonyl (C=O) groups excluding carboxylic acids is 1. The maximum atomic E-state index is 12.9. The molecule has 1 aliphatic rings. The lowest BCUT2D eigenvalue weighted by atomic mass is 10.1. The summed E-state index contributed by atoms with van der Waals surface area (Å²) in [7, 11) is 0. The van der Waals surface area contributed by atoms with Crippen LogP contribution >= 0.6 is 0 Å². The Morgan fingerprint density at radius 3 is 2.86 bits per heavy atom. The Morgan fingerprint density at radius 2 is 2.05 bits per heavy atom.